The van der Waals surface area contributed by atoms with Crippen molar-refractivity contribution in [2.24, 2.45) is 7.05 Å². The summed E-state index contributed by atoms with van der Waals surface area (Å²) in [6, 6.07) is 6.13. The van der Waals surface area contributed by atoms with E-state index < -0.39 is 11.7 Å². The van der Waals surface area contributed by atoms with Crippen LogP contribution in [-0.4, -0.2) is 37.4 Å². The van der Waals surface area contributed by atoms with Crippen molar-refractivity contribution >= 4 is 5.91 Å². The van der Waals surface area contributed by atoms with Crippen LogP contribution in [-0.2, 0) is 26.5 Å². The second kappa shape index (κ2) is 8.21. The summed E-state index contributed by atoms with van der Waals surface area (Å²) in [5, 5.41) is 8.51. The van der Waals surface area contributed by atoms with Crippen LogP contribution >= 0.6 is 0 Å². The number of hydrogen-bond donors (Lipinski definition) is 0. The Kier molecular flexibility index (Phi) is 5.86. The first kappa shape index (κ1) is 21.4. The lowest BCUT2D eigenvalue weighted by molar-refractivity contribution is -0.137. The third-order valence-corrected chi connectivity index (χ3v) is 4.79. The van der Waals surface area contributed by atoms with E-state index in [0.717, 1.165) is 29.1 Å². The van der Waals surface area contributed by atoms with Crippen molar-refractivity contribution in [1.82, 2.24) is 24.5 Å². The maximum atomic E-state index is 12.8. The molecule has 0 aliphatic rings. The van der Waals surface area contributed by atoms with E-state index >= 15 is 0 Å². The SMILES string of the molecule is Cc1nn(C)c(C)c1CN(C)C(=O)c1ccn(COc2cccc(C(F)(F)F)c2)n1. The van der Waals surface area contributed by atoms with Crippen molar-refractivity contribution < 1.29 is 22.7 Å². The van der Waals surface area contributed by atoms with Gasteiger partial charge in [0.1, 0.15) is 5.75 Å². The van der Waals surface area contributed by atoms with Crippen molar-refractivity contribution in [2.75, 3.05) is 7.05 Å². The molecule has 160 valence electrons. The number of ether oxygens (including phenoxy) is 1. The molecule has 7 nitrogen and oxygen atoms in total. The zero-order chi connectivity index (χ0) is 22.1. The Morgan fingerprint density at radius 2 is 1.93 bits per heavy atom. The molecule has 1 amide bonds. The highest BCUT2D eigenvalue weighted by molar-refractivity contribution is 5.92. The van der Waals surface area contributed by atoms with Crippen LogP contribution in [0.2, 0.25) is 0 Å². The average Bonchev–Trinajstić information content (AvgIpc) is 3.25. The lowest BCUT2D eigenvalue weighted by Gasteiger charge is -2.16. The number of hydrogen-bond acceptors (Lipinski definition) is 4. The van der Waals surface area contributed by atoms with Gasteiger partial charge in [0.05, 0.1) is 11.3 Å². The quantitative estimate of drug-likeness (QED) is 0.611. The molecule has 0 fully saturated rings. The Balaban J connectivity index is 1.63. The minimum Gasteiger partial charge on any atom is -0.471 e. The topological polar surface area (TPSA) is 65.2 Å². The van der Waals surface area contributed by atoms with E-state index in [4.69, 9.17) is 4.74 Å². The summed E-state index contributed by atoms with van der Waals surface area (Å²) < 4.78 is 46.8. The molecule has 2 aromatic heterocycles. The molecular formula is C20H22F3N5O2. The van der Waals surface area contributed by atoms with Gasteiger partial charge in [0.2, 0.25) is 0 Å². The van der Waals surface area contributed by atoms with Gasteiger partial charge in [-0.15, -0.1) is 0 Å². The van der Waals surface area contributed by atoms with Crippen molar-refractivity contribution in [3.63, 3.8) is 0 Å². The van der Waals surface area contributed by atoms with Gasteiger partial charge >= 0.3 is 6.18 Å². The number of amides is 1. The molecule has 0 atom stereocenters. The van der Waals surface area contributed by atoms with E-state index in [1.807, 2.05) is 20.9 Å². The van der Waals surface area contributed by atoms with Gasteiger partial charge in [-0.05, 0) is 38.1 Å². The fourth-order valence-corrected chi connectivity index (χ4v) is 3.00. The second-order valence-electron chi connectivity index (χ2n) is 6.97. The maximum Gasteiger partial charge on any atom is 0.416 e. The van der Waals surface area contributed by atoms with Crippen LogP contribution < -0.4 is 4.74 Å². The summed E-state index contributed by atoms with van der Waals surface area (Å²) in [6.45, 7) is 4.09. The molecule has 10 heteroatoms. The van der Waals surface area contributed by atoms with Gasteiger partial charge in [0.25, 0.3) is 5.91 Å². The van der Waals surface area contributed by atoms with Gasteiger partial charge in [-0.1, -0.05) is 6.07 Å². The van der Waals surface area contributed by atoms with E-state index in [1.165, 1.54) is 34.0 Å². The number of alkyl halides is 3. The zero-order valence-corrected chi connectivity index (χ0v) is 17.1. The van der Waals surface area contributed by atoms with E-state index in [2.05, 4.69) is 10.2 Å². The Bertz CT molecular complexity index is 1060. The molecule has 0 saturated carbocycles. The van der Waals surface area contributed by atoms with Crippen LogP contribution in [0.4, 0.5) is 13.2 Å². The number of aryl methyl sites for hydroxylation is 2. The van der Waals surface area contributed by atoms with Crippen LogP contribution in [0, 0.1) is 13.8 Å². The number of carbonyl (C=O) groups is 1. The molecule has 0 aliphatic heterocycles. The number of aromatic nitrogens is 4. The molecule has 0 spiro atoms. The summed E-state index contributed by atoms with van der Waals surface area (Å²) in [5.74, 6) is -0.219. The summed E-state index contributed by atoms with van der Waals surface area (Å²) in [6.07, 6.45) is -2.91. The Morgan fingerprint density at radius 3 is 2.57 bits per heavy atom. The number of carbonyl (C=O) groups excluding carboxylic acids is 1. The van der Waals surface area contributed by atoms with Crippen LogP contribution in [0.5, 0.6) is 5.75 Å². The van der Waals surface area contributed by atoms with Crippen molar-refractivity contribution in [2.45, 2.75) is 33.3 Å². The maximum absolute atomic E-state index is 12.8. The largest absolute Gasteiger partial charge is 0.471 e. The number of benzene rings is 1. The molecule has 0 aliphatic carbocycles. The van der Waals surface area contributed by atoms with E-state index in [-0.39, 0.29) is 24.1 Å². The summed E-state index contributed by atoms with van der Waals surface area (Å²) >= 11 is 0. The van der Waals surface area contributed by atoms with Gasteiger partial charge < -0.3 is 9.64 Å². The normalized spacial score (nSPS) is 11.6. The minimum absolute atomic E-state index is 0.0628. The van der Waals surface area contributed by atoms with E-state index in [1.54, 1.807) is 11.7 Å². The van der Waals surface area contributed by atoms with Crippen molar-refractivity contribution in [1.29, 1.82) is 0 Å². The Morgan fingerprint density at radius 1 is 1.20 bits per heavy atom. The van der Waals surface area contributed by atoms with Gasteiger partial charge in [-0.25, -0.2) is 4.68 Å². The summed E-state index contributed by atoms with van der Waals surface area (Å²) in [7, 11) is 3.52. The minimum atomic E-state index is -4.44. The third-order valence-electron chi connectivity index (χ3n) is 4.79. The van der Waals surface area contributed by atoms with Gasteiger partial charge in [-0.3, -0.25) is 9.48 Å². The molecule has 2 heterocycles. The molecule has 1 aromatic carbocycles. The summed E-state index contributed by atoms with van der Waals surface area (Å²) in [5.41, 5.74) is 2.23. The number of halogens is 3. The van der Waals surface area contributed by atoms with Crippen molar-refractivity contribution in [3.05, 3.63) is 64.7 Å². The highest BCUT2D eigenvalue weighted by atomic mass is 19.4. The lowest BCUT2D eigenvalue weighted by atomic mass is 10.2. The molecule has 0 radical (unpaired) electrons. The predicted octanol–water partition coefficient (Wildman–Crippen LogP) is 3.56. The molecule has 3 aromatic rings. The predicted molar refractivity (Wildman–Crippen MR) is 103 cm³/mol. The molecule has 3 rings (SSSR count). The fourth-order valence-electron chi connectivity index (χ4n) is 3.00. The van der Waals surface area contributed by atoms with Crippen LogP contribution in [0.15, 0.2) is 36.5 Å². The first-order valence-electron chi connectivity index (χ1n) is 9.14. The standard InChI is InChI=1S/C20H22F3N5O2/c1-13-17(14(2)27(4)24-13)11-26(3)19(29)18-8-9-28(25-18)12-30-16-7-5-6-15(10-16)20(21,22)23/h5-10H,11-12H2,1-4H3. The molecule has 0 unspecified atom stereocenters. The van der Waals surface area contributed by atoms with Crippen LogP contribution in [0.25, 0.3) is 0 Å². The van der Waals surface area contributed by atoms with E-state index in [0.29, 0.717) is 6.54 Å². The monoisotopic (exact) mass is 421 g/mol. The number of rotatable bonds is 6. The smallest absolute Gasteiger partial charge is 0.416 e. The third kappa shape index (κ3) is 4.64. The molecule has 0 N–H and O–H groups in total. The Hall–Kier alpha value is -3.30. The van der Waals surface area contributed by atoms with Crippen molar-refractivity contribution in [3.8, 4) is 5.75 Å². The van der Waals surface area contributed by atoms with E-state index in [9.17, 15) is 18.0 Å². The lowest BCUT2D eigenvalue weighted by Crippen LogP contribution is -2.27. The van der Waals surface area contributed by atoms with Gasteiger partial charge in [0, 0.05) is 38.1 Å². The average molecular weight is 421 g/mol. The second-order valence-corrected chi connectivity index (χ2v) is 6.97. The first-order valence-corrected chi connectivity index (χ1v) is 9.14. The molecule has 0 saturated heterocycles. The summed E-state index contributed by atoms with van der Waals surface area (Å²) in [4.78, 5) is 14.2. The zero-order valence-electron chi connectivity index (χ0n) is 17.1. The van der Waals surface area contributed by atoms with Gasteiger partial charge in [-0.2, -0.15) is 23.4 Å². The Labute approximate surface area is 171 Å². The van der Waals surface area contributed by atoms with Gasteiger partial charge in [0.15, 0.2) is 12.4 Å². The fraction of sp³-hybridized carbons (Fsp3) is 0.350. The molecule has 0 bridgehead atoms. The number of nitrogens with zero attached hydrogens (tertiary/aromatic N) is 5. The van der Waals surface area contributed by atoms with Crippen LogP contribution in [0.3, 0.4) is 0 Å². The first-order chi connectivity index (χ1) is 14.1. The van der Waals surface area contributed by atoms with Crippen LogP contribution in [0.1, 0.15) is 33.0 Å². The molecule has 30 heavy (non-hydrogen) atoms. The molecular weight excluding hydrogens is 399 g/mol. The highest BCUT2D eigenvalue weighted by Crippen LogP contribution is 2.31. The highest BCUT2D eigenvalue weighted by Gasteiger charge is 2.30.